The first-order valence-electron chi connectivity index (χ1n) is 6.57. The Labute approximate surface area is 114 Å². The third-order valence-corrected chi connectivity index (χ3v) is 3.64. The van der Waals surface area contributed by atoms with Crippen molar-refractivity contribution >= 4 is 0 Å². The van der Waals surface area contributed by atoms with Crippen molar-refractivity contribution in [2.45, 2.75) is 32.4 Å². The number of benzene rings is 2. The van der Waals surface area contributed by atoms with E-state index in [1.54, 1.807) is 0 Å². The minimum Gasteiger partial charge on any atom is -0.379 e. The van der Waals surface area contributed by atoms with Crippen LogP contribution in [0.2, 0.25) is 0 Å². The van der Waals surface area contributed by atoms with Crippen molar-refractivity contribution in [3.05, 3.63) is 70.8 Å². The number of hydrogen-bond acceptors (Lipinski definition) is 2. The van der Waals surface area contributed by atoms with Gasteiger partial charge in [-0.15, -0.1) is 0 Å². The third-order valence-electron chi connectivity index (χ3n) is 3.64. The van der Waals surface area contributed by atoms with E-state index >= 15 is 0 Å². The molecule has 0 amide bonds. The summed E-state index contributed by atoms with van der Waals surface area (Å²) >= 11 is 0. The van der Waals surface area contributed by atoms with Crippen molar-refractivity contribution in [1.82, 2.24) is 0 Å². The fourth-order valence-corrected chi connectivity index (χ4v) is 2.31. The van der Waals surface area contributed by atoms with Crippen LogP contribution in [-0.2, 0) is 5.60 Å². The van der Waals surface area contributed by atoms with Crippen LogP contribution >= 0.6 is 0 Å². The predicted molar refractivity (Wildman–Crippen MR) is 79.0 cm³/mol. The summed E-state index contributed by atoms with van der Waals surface area (Å²) in [5.74, 6) is 0. The lowest BCUT2D eigenvalue weighted by atomic mass is 9.81. The molecule has 0 radical (unpaired) electrons. The predicted octanol–water partition coefficient (Wildman–Crippen LogP) is 2.89. The molecular formula is C17H21NO. The zero-order chi connectivity index (χ0) is 14.0. The van der Waals surface area contributed by atoms with Crippen molar-refractivity contribution < 1.29 is 5.11 Å². The Morgan fingerprint density at radius 1 is 0.842 bits per heavy atom. The lowest BCUT2D eigenvalue weighted by molar-refractivity contribution is 0.0578. The molecule has 19 heavy (non-hydrogen) atoms. The van der Waals surface area contributed by atoms with Gasteiger partial charge >= 0.3 is 0 Å². The Morgan fingerprint density at radius 2 is 1.16 bits per heavy atom. The highest BCUT2D eigenvalue weighted by molar-refractivity contribution is 5.39. The molecule has 0 saturated carbocycles. The van der Waals surface area contributed by atoms with Gasteiger partial charge in [-0.25, -0.2) is 0 Å². The van der Waals surface area contributed by atoms with Gasteiger partial charge in [0.25, 0.3) is 0 Å². The van der Waals surface area contributed by atoms with E-state index in [9.17, 15) is 5.11 Å². The fourth-order valence-electron chi connectivity index (χ4n) is 2.31. The first kappa shape index (κ1) is 13.8. The van der Waals surface area contributed by atoms with Crippen LogP contribution < -0.4 is 5.73 Å². The van der Waals surface area contributed by atoms with E-state index in [1.807, 2.05) is 69.3 Å². The van der Waals surface area contributed by atoms with Crippen LogP contribution in [0.25, 0.3) is 0 Å². The van der Waals surface area contributed by atoms with Gasteiger partial charge in [-0.05, 0) is 31.9 Å². The largest absolute Gasteiger partial charge is 0.379 e. The molecule has 3 N–H and O–H groups in total. The second kappa shape index (κ2) is 5.16. The van der Waals surface area contributed by atoms with Crippen molar-refractivity contribution in [2.24, 2.45) is 5.73 Å². The first-order valence-corrected chi connectivity index (χ1v) is 6.57. The maximum Gasteiger partial charge on any atom is 0.129 e. The van der Waals surface area contributed by atoms with Crippen LogP contribution in [0.4, 0.5) is 0 Å². The summed E-state index contributed by atoms with van der Waals surface area (Å²) in [5.41, 5.74) is 8.90. The Bertz CT molecular complexity index is 495. The highest BCUT2D eigenvalue weighted by Gasteiger charge is 2.35. The number of aryl methyl sites for hydroxylation is 2. The monoisotopic (exact) mass is 255 g/mol. The lowest BCUT2D eigenvalue weighted by Gasteiger charge is -2.33. The van der Waals surface area contributed by atoms with Crippen LogP contribution in [0, 0.1) is 13.8 Å². The van der Waals surface area contributed by atoms with Gasteiger partial charge in [0.15, 0.2) is 0 Å². The highest BCUT2D eigenvalue weighted by Crippen LogP contribution is 2.32. The summed E-state index contributed by atoms with van der Waals surface area (Å²) in [5, 5.41) is 11.1. The van der Waals surface area contributed by atoms with Gasteiger partial charge in [0, 0.05) is 6.04 Å². The average molecular weight is 255 g/mol. The van der Waals surface area contributed by atoms with E-state index in [0.29, 0.717) is 0 Å². The zero-order valence-electron chi connectivity index (χ0n) is 11.7. The molecule has 0 heterocycles. The second-order valence-electron chi connectivity index (χ2n) is 5.29. The van der Waals surface area contributed by atoms with Crippen molar-refractivity contribution in [3.63, 3.8) is 0 Å². The van der Waals surface area contributed by atoms with E-state index in [2.05, 4.69) is 0 Å². The Kier molecular flexibility index (Phi) is 3.74. The van der Waals surface area contributed by atoms with Crippen molar-refractivity contribution in [3.8, 4) is 0 Å². The standard InChI is InChI=1S/C17H21NO/c1-12-4-8-15(9-5-12)17(19,14(3)18)16-10-6-13(2)7-11-16/h4-11,14,19H,18H2,1-3H3/t14-/m1/s1. The molecule has 0 saturated heterocycles. The summed E-state index contributed by atoms with van der Waals surface area (Å²) in [6.45, 7) is 5.89. The van der Waals surface area contributed by atoms with Crippen molar-refractivity contribution in [2.75, 3.05) is 0 Å². The van der Waals surface area contributed by atoms with E-state index in [0.717, 1.165) is 11.1 Å². The normalized spacial score (nSPS) is 13.3. The molecule has 0 aliphatic heterocycles. The third kappa shape index (κ3) is 2.55. The number of nitrogens with two attached hydrogens (primary N) is 1. The van der Waals surface area contributed by atoms with Gasteiger partial charge < -0.3 is 10.8 Å². The molecule has 100 valence electrons. The van der Waals surface area contributed by atoms with E-state index in [-0.39, 0.29) is 0 Å². The summed E-state index contributed by atoms with van der Waals surface area (Å²) < 4.78 is 0. The Balaban J connectivity index is 2.54. The highest BCUT2D eigenvalue weighted by atomic mass is 16.3. The van der Waals surface area contributed by atoms with Gasteiger partial charge in [0.1, 0.15) is 5.60 Å². The molecule has 2 aromatic rings. The average Bonchev–Trinajstić information content (AvgIpc) is 2.39. The lowest BCUT2D eigenvalue weighted by Crippen LogP contribution is -2.44. The maximum absolute atomic E-state index is 11.1. The number of hydrogen-bond donors (Lipinski definition) is 2. The molecule has 0 unspecified atom stereocenters. The quantitative estimate of drug-likeness (QED) is 0.886. The van der Waals surface area contributed by atoms with Gasteiger partial charge in [0.05, 0.1) is 0 Å². The van der Waals surface area contributed by atoms with Crippen LogP contribution in [0.15, 0.2) is 48.5 Å². The smallest absolute Gasteiger partial charge is 0.129 e. The number of rotatable bonds is 3. The Hall–Kier alpha value is -1.64. The molecular weight excluding hydrogens is 234 g/mol. The first-order chi connectivity index (χ1) is 8.94. The van der Waals surface area contributed by atoms with E-state index < -0.39 is 11.6 Å². The summed E-state index contributed by atoms with van der Waals surface area (Å²) in [7, 11) is 0. The summed E-state index contributed by atoms with van der Waals surface area (Å²) in [6.07, 6.45) is 0. The molecule has 0 bridgehead atoms. The molecule has 0 spiro atoms. The molecule has 0 aliphatic rings. The van der Waals surface area contributed by atoms with Crippen LogP contribution in [0.5, 0.6) is 0 Å². The second-order valence-corrected chi connectivity index (χ2v) is 5.29. The minimum absolute atomic E-state index is 0.391. The fraction of sp³-hybridized carbons (Fsp3) is 0.294. The molecule has 2 nitrogen and oxygen atoms in total. The number of aliphatic hydroxyl groups is 1. The van der Waals surface area contributed by atoms with E-state index in [1.165, 1.54) is 11.1 Å². The molecule has 2 rings (SSSR count). The molecule has 0 aromatic heterocycles. The van der Waals surface area contributed by atoms with Gasteiger partial charge in [0.2, 0.25) is 0 Å². The molecule has 2 heteroatoms. The Morgan fingerprint density at radius 3 is 1.42 bits per heavy atom. The van der Waals surface area contributed by atoms with Crippen LogP contribution in [-0.4, -0.2) is 11.1 Å². The van der Waals surface area contributed by atoms with Crippen molar-refractivity contribution in [1.29, 1.82) is 0 Å². The maximum atomic E-state index is 11.1. The zero-order valence-corrected chi connectivity index (χ0v) is 11.7. The molecule has 2 aromatic carbocycles. The van der Waals surface area contributed by atoms with Gasteiger partial charge in [-0.2, -0.15) is 0 Å². The van der Waals surface area contributed by atoms with Gasteiger partial charge in [-0.3, -0.25) is 0 Å². The van der Waals surface area contributed by atoms with Crippen LogP contribution in [0.3, 0.4) is 0 Å². The molecule has 1 atom stereocenters. The summed E-state index contributed by atoms with van der Waals surface area (Å²) in [6, 6.07) is 15.4. The SMILES string of the molecule is Cc1ccc(C(O)(c2ccc(C)cc2)[C@@H](C)N)cc1. The molecule has 0 aliphatic carbocycles. The van der Waals surface area contributed by atoms with E-state index in [4.69, 9.17) is 5.73 Å². The molecule has 0 fully saturated rings. The minimum atomic E-state index is -1.15. The van der Waals surface area contributed by atoms with Crippen LogP contribution in [0.1, 0.15) is 29.2 Å². The summed E-state index contributed by atoms with van der Waals surface area (Å²) in [4.78, 5) is 0. The topological polar surface area (TPSA) is 46.2 Å². The van der Waals surface area contributed by atoms with Gasteiger partial charge in [-0.1, -0.05) is 59.7 Å².